The van der Waals surface area contributed by atoms with Crippen molar-refractivity contribution in [3.05, 3.63) is 33.4 Å². The normalized spacial score (nSPS) is 10.5. The molecule has 0 radical (unpaired) electrons. The van der Waals surface area contributed by atoms with Crippen LogP contribution in [0.25, 0.3) is 11.4 Å². The molecule has 100 valence electrons. The van der Waals surface area contributed by atoms with Crippen LogP contribution < -0.4 is 0 Å². The minimum Gasteiger partial charge on any atom is -0.460 e. The topological polar surface area (TPSA) is 57.0 Å². The summed E-state index contributed by atoms with van der Waals surface area (Å²) in [5.74, 6) is -0.394. The molecule has 0 amide bonds. The lowest BCUT2D eigenvalue weighted by molar-refractivity contribution is 0.0512. The van der Waals surface area contributed by atoms with Crippen molar-refractivity contribution in [1.82, 2.24) is 14.8 Å². The standard InChI is InChI=1S/C12H11FIN3O2/c1-3-19-12(18)10-15-11(17(2)16-10)8-5-4-7(13)6-9(8)14/h4-6H,3H2,1-2H3. The van der Waals surface area contributed by atoms with Gasteiger partial charge >= 0.3 is 5.97 Å². The third-order valence-electron chi connectivity index (χ3n) is 2.39. The number of carbonyl (C=O) groups is 1. The average Bonchev–Trinajstić information content (AvgIpc) is 2.72. The van der Waals surface area contributed by atoms with Crippen LogP contribution >= 0.6 is 22.6 Å². The molecule has 0 unspecified atom stereocenters. The molecule has 0 spiro atoms. The van der Waals surface area contributed by atoms with Gasteiger partial charge in [0.05, 0.1) is 6.61 Å². The third-order valence-corrected chi connectivity index (χ3v) is 3.29. The minimum absolute atomic E-state index is 0.000486. The molecular formula is C12H11FIN3O2. The highest BCUT2D eigenvalue weighted by molar-refractivity contribution is 14.1. The van der Waals surface area contributed by atoms with Crippen LogP contribution in [0.1, 0.15) is 17.5 Å². The van der Waals surface area contributed by atoms with Gasteiger partial charge in [-0.25, -0.2) is 18.9 Å². The van der Waals surface area contributed by atoms with Gasteiger partial charge in [0, 0.05) is 16.2 Å². The van der Waals surface area contributed by atoms with E-state index in [0.717, 1.165) is 0 Å². The Bertz CT molecular complexity index is 627. The fourth-order valence-corrected chi connectivity index (χ4v) is 2.29. The summed E-state index contributed by atoms with van der Waals surface area (Å²) in [7, 11) is 1.67. The van der Waals surface area contributed by atoms with Crippen LogP contribution in [0.15, 0.2) is 18.2 Å². The molecule has 0 saturated carbocycles. The van der Waals surface area contributed by atoms with Gasteiger partial charge in [-0.05, 0) is 47.7 Å². The van der Waals surface area contributed by atoms with Gasteiger partial charge in [-0.2, -0.15) is 0 Å². The largest absolute Gasteiger partial charge is 0.460 e. The first-order valence-electron chi connectivity index (χ1n) is 5.56. The van der Waals surface area contributed by atoms with E-state index in [1.807, 2.05) is 22.6 Å². The first-order chi connectivity index (χ1) is 9.02. The van der Waals surface area contributed by atoms with Crippen LogP contribution in [0.3, 0.4) is 0 Å². The van der Waals surface area contributed by atoms with E-state index >= 15 is 0 Å². The molecule has 5 nitrogen and oxygen atoms in total. The Balaban J connectivity index is 2.43. The van der Waals surface area contributed by atoms with Crippen molar-refractivity contribution >= 4 is 28.6 Å². The van der Waals surface area contributed by atoms with E-state index in [1.54, 1.807) is 20.0 Å². The summed E-state index contributed by atoms with van der Waals surface area (Å²) in [5, 5.41) is 4.00. The van der Waals surface area contributed by atoms with Gasteiger partial charge in [-0.1, -0.05) is 0 Å². The lowest BCUT2D eigenvalue weighted by Gasteiger charge is -2.02. The highest BCUT2D eigenvalue weighted by Gasteiger charge is 2.18. The number of hydrogen-bond acceptors (Lipinski definition) is 4. The van der Waals surface area contributed by atoms with Gasteiger partial charge in [0.15, 0.2) is 5.82 Å². The van der Waals surface area contributed by atoms with Crippen LogP contribution in [-0.2, 0) is 11.8 Å². The predicted molar refractivity (Wildman–Crippen MR) is 75.1 cm³/mol. The fraction of sp³-hybridized carbons (Fsp3) is 0.250. The van der Waals surface area contributed by atoms with Crippen LogP contribution in [0.4, 0.5) is 4.39 Å². The molecule has 0 atom stereocenters. The van der Waals surface area contributed by atoms with Gasteiger partial charge in [-0.15, -0.1) is 5.10 Å². The van der Waals surface area contributed by atoms with E-state index in [0.29, 0.717) is 15.0 Å². The first-order valence-corrected chi connectivity index (χ1v) is 6.64. The molecular weight excluding hydrogens is 364 g/mol. The van der Waals surface area contributed by atoms with Gasteiger partial charge in [0.25, 0.3) is 5.82 Å². The van der Waals surface area contributed by atoms with Crippen LogP contribution in [0.5, 0.6) is 0 Å². The number of nitrogens with zero attached hydrogens (tertiary/aromatic N) is 3. The van der Waals surface area contributed by atoms with Crippen LogP contribution in [-0.4, -0.2) is 27.3 Å². The highest BCUT2D eigenvalue weighted by atomic mass is 127. The van der Waals surface area contributed by atoms with Gasteiger partial charge < -0.3 is 4.74 Å². The maximum atomic E-state index is 13.1. The van der Waals surface area contributed by atoms with Crippen molar-refractivity contribution in [3.63, 3.8) is 0 Å². The second kappa shape index (κ2) is 5.64. The number of carbonyl (C=O) groups excluding carboxylic acids is 1. The van der Waals surface area contributed by atoms with E-state index in [2.05, 4.69) is 10.1 Å². The Morgan fingerprint density at radius 1 is 1.53 bits per heavy atom. The lowest BCUT2D eigenvalue weighted by atomic mass is 10.2. The second-order valence-electron chi connectivity index (χ2n) is 3.73. The maximum absolute atomic E-state index is 13.1. The molecule has 19 heavy (non-hydrogen) atoms. The number of benzene rings is 1. The quantitative estimate of drug-likeness (QED) is 0.611. The molecule has 0 aliphatic rings. The SMILES string of the molecule is CCOC(=O)c1nc(-c2ccc(F)cc2I)n(C)n1. The fourth-order valence-electron chi connectivity index (χ4n) is 1.57. The van der Waals surface area contributed by atoms with E-state index < -0.39 is 5.97 Å². The second-order valence-corrected chi connectivity index (χ2v) is 4.89. The minimum atomic E-state index is -0.568. The van der Waals surface area contributed by atoms with Crippen molar-refractivity contribution in [2.24, 2.45) is 7.05 Å². The molecule has 1 heterocycles. The molecule has 0 aliphatic heterocycles. The number of ether oxygens (including phenoxy) is 1. The predicted octanol–water partition coefficient (Wildman–Crippen LogP) is 2.40. The third kappa shape index (κ3) is 2.91. The zero-order valence-corrected chi connectivity index (χ0v) is 12.5. The number of aromatic nitrogens is 3. The van der Waals surface area contributed by atoms with Gasteiger partial charge in [0.2, 0.25) is 0 Å². The summed E-state index contributed by atoms with van der Waals surface area (Å²) in [4.78, 5) is 15.7. The molecule has 0 aliphatic carbocycles. The summed E-state index contributed by atoms with van der Waals surface area (Å²) in [6.45, 7) is 1.98. The molecule has 0 bridgehead atoms. The molecule has 0 fully saturated rings. The molecule has 2 aromatic rings. The summed E-state index contributed by atoms with van der Waals surface area (Å²) >= 11 is 2.01. The Labute approximate surface area is 122 Å². The van der Waals surface area contributed by atoms with Crippen molar-refractivity contribution in [1.29, 1.82) is 0 Å². The maximum Gasteiger partial charge on any atom is 0.378 e. The van der Waals surface area contributed by atoms with E-state index in [9.17, 15) is 9.18 Å². The van der Waals surface area contributed by atoms with Crippen molar-refractivity contribution < 1.29 is 13.9 Å². The number of halogens is 2. The Morgan fingerprint density at radius 3 is 2.89 bits per heavy atom. The lowest BCUT2D eigenvalue weighted by Crippen LogP contribution is -2.07. The molecule has 0 N–H and O–H groups in total. The van der Waals surface area contributed by atoms with E-state index in [4.69, 9.17) is 4.74 Å². The average molecular weight is 375 g/mol. The molecule has 1 aromatic carbocycles. The van der Waals surface area contributed by atoms with E-state index in [1.165, 1.54) is 16.8 Å². The molecule has 7 heteroatoms. The number of hydrogen-bond donors (Lipinski definition) is 0. The van der Waals surface area contributed by atoms with E-state index in [-0.39, 0.29) is 18.2 Å². The molecule has 2 rings (SSSR count). The number of rotatable bonds is 3. The van der Waals surface area contributed by atoms with Crippen LogP contribution in [0.2, 0.25) is 0 Å². The van der Waals surface area contributed by atoms with Gasteiger partial charge in [0.1, 0.15) is 5.82 Å². The first kappa shape index (κ1) is 13.9. The van der Waals surface area contributed by atoms with Crippen molar-refractivity contribution in [2.75, 3.05) is 6.61 Å². The summed E-state index contributed by atoms with van der Waals surface area (Å²) in [5.41, 5.74) is 0.715. The number of aryl methyl sites for hydroxylation is 1. The summed E-state index contributed by atoms with van der Waals surface area (Å²) in [6, 6.07) is 4.35. The number of esters is 1. The monoisotopic (exact) mass is 375 g/mol. The van der Waals surface area contributed by atoms with Crippen molar-refractivity contribution in [2.45, 2.75) is 6.92 Å². The molecule has 0 saturated heterocycles. The zero-order chi connectivity index (χ0) is 14.0. The smallest absolute Gasteiger partial charge is 0.378 e. The van der Waals surface area contributed by atoms with Crippen molar-refractivity contribution in [3.8, 4) is 11.4 Å². The summed E-state index contributed by atoms with van der Waals surface area (Å²) < 4.78 is 20.1. The zero-order valence-electron chi connectivity index (χ0n) is 10.4. The highest BCUT2D eigenvalue weighted by Crippen LogP contribution is 2.24. The van der Waals surface area contributed by atoms with Gasteiger partial charge in [-0.3, -0.25) is 0 Å². The molecule has 1 aromatic heterocycles. The van der Waals surface area contributed by atoms with Crippen LogP contribution in [0, 0.1) is 9.39 Å². The Morgan fingerprint density at radius 2 is 2.26 bits per heavy atom. The Hall–Kier alpha value is -1.51. The summed E-state index contributed by atoms with van der Waals surface area (Å²) in [6.07, 6.45) is 0. The Kier molecular flexibility index (Phi) is 4.13.